The van der Waals surface area contributed by atoms with E-state index in [2.05, 4.69) is 36.8 Å². The highest BCUT2D eigenvalue weighted by atomic mass is 28.4. The molecule has 0 aromatic rings. The second-order valence-electron chi connectivity index (χ2n) is 8.03. The number of nitrogens with one attached hydrogen (secondary N) is 2. The minimum absolute atomic E-state index is 0.0676. The van der Waals surface area contributed by atoms with Crippen LogP contribution in [0.4, 0.5) is 0 Å². The predicted molar refractivity (Wildman–Crippen MR) is 99.1 cm³/mol. The number of hydrogen-bond donors (Lipinski definition) is 2. The van der Waals surface area contributed by atoms with E-state index in [1.54, 1.807) is 6.92 Å². The van der Waals surface area contributed by atoms with Crippen LogP contribution in [0.1, 0.15) is 32.6 Å². The van der Waals surface area contributed by atoms with Crippen LogP contribution in [-0.2, 0) is 13.7 Å². The monoisotopic (exact) mass is 358 g/mol. The van der Waals surface area contributed by atoms with Gasteiger partial charge in [-0.15, -0.1) is 0 Å². The summed E-state index contributed by atoms with van der Waals surface area (Å²) in [7, 11) is -1.66. The average Bonchev–Trinajstić information content (AvgIpc) is 2.43. The van der Waals surface area contributed by atoms with Crippen LogP contribution in [0, 0.1) is 11.8 Å². The molecular formula is C16H34N2O3Si2. The van der Waals surface area contributed by atoms with Crippen molar-refractivity contribution in [3.8, 4) is 0 Å². The Morgan fingerprint density at radius 2 is 1.43 bits per heavy atom. The van der Waals surface area contributed by atoms with Crippen LogP contribution < -0.4 is 10.6 Å². The van der Waals surface area contributed by atoms with Crippen LogP contribution in [0.3, 0.4) is 0 Å². The van der Waals surface area contributed by atoms with Gasteiger partial charge in [-0.3, -0.25) is 9.59 Å². The first-order valence-electron chi connectivity index (χ1n) is 8.69. The van der Waals surface area contributed by atoms with Gasteiger partial charge in [0.15, 0.2) is 16.6 Å². The Kier molecular flexibility index (Phi) is 7.63. The van der Waals surface area contributed by atoms with Gasteiger partial charge in [0.2, 0.25) is 5.91 Å². The molecule has 1 rings (SSSR count). The van der Waals surface area contributed by atoms with E-state index in [-0.39, 0.29) is 23.5 Å². The first-order valence-corrected chi connectivity index (χ1v) is 14.9. The molecular weight excluding hydrogens is 324 g/mol. The maximum atomic E-state index is 12.4. The summed E-state index contributed by atoms with van der Waals surface area (Å²) >= 11 is 0. The van der Waals surface area contributed by atoms with E-state index in [1.807, 2.05) is 7.05 Å². The van der Waals surface area contributed by atoms with E-state index in [0.717, 1.165) is 31.9 Å². The molecule has 1 aliphatic carbocycles. The fourth-order valence-corrected chi connectivity index (χ4v) is 11.5. The molecule has 1 saturated carbocycles. The lowest BCUT2D eigenvalue weighted by Gasteiger charge is -2.34. The zero-order valence-electron chi connectivity index (χ0n) is 15.6. The van der Waals surface area contributed by atoms with Crippen molar-refractivity contribution in [2.45, 2.75) is 58.8 Å². The molecule has 0 heterocycles. The minimum atomic E-state index is -1.90. The van der Waals surface area contributed by atoms with E-state index in [0.29, 0.717) is 6.17 Å². The van der Waals surface area contributed by atoms with Gasteiger partial charge in [-0.05, 0) is 65.8 Å². The van der Waals surface area contributed by atoms with Gasteiger partial charge in [-0.2, -0.15) is 0 Å². The van der Waals surface area contributed by atoms with Crippen molar-refractivity contribution in [2.75, 3.05) is 19.4 Å². The molecule has 0 radical (unpaired) electrons. The quantitative estimate of drug-likeness (QED) is 0.653. The van der Waals surface area contributed by atoms with Crippen molar-refractivity contribution in [1.29, 1.82) is 0 Å². The third-order valence-corrected chi connectivity index (χ3v) is 11.2. The van der Waals surface area contributed by atoms with Gasteiger partial charge in [0.1, 0.15) is 5.78 Å². The Bertz CT molecular complexity index is 420. The van der Waals surface area contributed by atoms with E-state index in [1.165, 1.54) is 0 Å². The van der Waals surface area contributed by atoms with Crippen molar-refractivity contribution < 1.29 is 13.7 Å². The summed E-state index contributed by atoms with van der Waals surface area (Å²) in [6.45, 7) is 10.4. The third kappa shape index (κ3) is 7.28. The Hall–Kier alpha value is -0.506. The molecule has 1 amide bonds. The Balaban J connectivity index is 2.42. The summed E-state index contributed by atoms with van der Waals surface area (Å²) in [5.74, 6) is 0.645. The molecule has 1 fully saturated rings. The van der Waals surface area contributed by atoms with E-state index in [4.69, 9.17) is 4.12 Å². The van der Waals surface area contributed by atoms with Gasteiger partial charge in [0, 0.05) is 24.2 Å². The third-order valence-electron chi connectivity index (χ3n) is 4.52. The van der Waals surface area contributed by atoms with Gasteiger partial charge in [-0.1, -0.05) is 0 Å². The summed E-state index contributed by atoms with van der Waals surface area (Å²) < 4.78 is 6.41. The molecule has 0 bridgehead atoms. The zero-order valence-corrected chi connectivity index (χ0v) is 17.6. The number of rotatable bonds is 8. The molecule has 2 N–H and O–H groups in total. The summed E-state index contributed by atoms with van der Waals surface area (Å²) in [5.41, 5.74) is 0. The van der Waals surface area contributed by atoms with Crippen molar-refractivity contribution >= 4 is 28.3 Å². The number of amides is 1. The topological polar surface area (TPSA) is 67.4 Å². The van der Waals surface area contributed by atoms with Gasteiger partial charge in [0.05, 0.1) is 0 Å². The highest BCUT2D eigenvalue weighted by molar-refractivity contribution is 6.85. The first-order chi connectivity index (χ1) is 10.6. The predicted octanol–water partition coefficient (Wildman–Crippen LogP) is 2.22. The van der Waals surface area contributed by atoms with Crippen LogP contribution in [0.25, 0.3) is 0 Å². The second kappa shape index (κ2) is 8.55. The van der Waals surface area contributed by atoms with Crippen LogP contribution in [0.5, 0.6) is 0 Å². The normalized spacial score (nSPS) is 22.7. The van der Waals surface area contributed by atoms with Crippen molar-refractivity contribution in [3.63, 3.8) is 0 Å². The van der Waals surface area contributed by atoms with Crippen molar-refractivity contribution in [3.05, 3.63) is 0 Å². The van der Waals surface area contributed by atoms with E-state index < -0.39 is 16.6 Å². The fraction of sp³-hybridized carbons (Fsp3) is 0.875. The summed E-state index contributed by atoms with van der Waals surface area (Å²) in [6.07, 6.45) is 4.96. The van der Waals surface area contributed by atoms with Gasteiger partial charge < -0.3 is 14.7 Å². The highest BCUT2D eigenvalue weighted by Gasteiger charge is 2.34. The molecule has 1 aliphatic rings. The molecule has 0 spiro atoms. The molecule has 0 aliphatic heterocycles. The van der Waals surface area contributed by atoms with Gasteiger partial charge in [-0.25, -0.2) is 0 Å². The Labute approximate surface area is 143 Å². The summed E-state index contributed by atoms with van der Waals surface area (Å²) in [4.78, 5) is 23.8. The lowest BCUT2D eigenvalue weighted by Crippen LogP contribution is -2.55. The summed E-state index contributed by atoms with van der Waals surface area (Å²) in [6, 6.07) is 0. The average molecular weight is 359 g/mol. The van der Waals surface area contributed by atoms with Crippen LogP contribution >= 0.6 is 0 Å². The van der Waals surface area contributed by atoms with Gasteiger partial charge in [0.25, 0.3) is 0 Å². The molecule has 0 saturated heterocycles. The maximum absolute atomic E-state index is 12.4. The summed E-state index contributed by atoms with van der Waals surface area (Å²) in [5, 5.41) is 6.32. The second-order valence-corrected chi connectivity index (χ2v) is 16.6. The molecule has 134 valence electrons. The standard InChI is InChI=1S/C16H34N2O3Si2/c1-13(19)14-7-9-15(10-8-14)16(20)18-12-23(5,6)21-22(3,4)11-17-2/h14-15,17H,7-12H2,1-6H3,(H,18,20). The molecule has 0 aromatic heterocycles. The van der Waals surface area contributed by atoms with E-state index in [9.17, 15) is 9.59 Å². The number of hydrogen-bond acceptors (Lipinski definition) is 4. The minimum Gasteiger partial charge on any atom is -0.453 e. The number of ketones is 1. The lowest BCUT2D eigenvalue weighted by molar-refractivity contribution is -0.128. The molecule has 7 heteroatoms. The van der Waals surface area contributed by atoms with E-state index >= 15 is 0 Å². The maximum Gasteiger partial charge on any atom is 0.222 e. The molecule has 0 aromatic carbocycles. The number of carbonyl (C=O) groups excluding carboxylic acids is 2. The largest absolute Gasteiger partial charge is 0.453 e. The Morgan fingerprint density at radius 3 is 1.91 bits per heavy atom. The van der Waals surface area contributed by atoms with Crippen LogP contribution in [-0.4, -0.2) is 47.7 Å². The highest BCUT2D eigenvalue weighted by Crippen LogP contribution is 2.29. The van der Waals surface area contributed by atoms with Crippen molar-refractivity contribution in [1.82, 2.24) is 10.6 Å². The lowest BCUT2D eigenvalue weighted by atomic mass is 9.80. The smallest absolute Gasteiger partial charge is 0.222 e. The van der Waals surface area contributed by atoms with Crippen LogP contribution in [0.15, 0.2) is 0 Å². The molecule has 5 nitrogen and oxygen atoms in total. The Morgan fingerprint density at radius 1 is 0.957 bits per heavy atom. The molecule has 23 heavy (non-hydrogen) atoms. The molecule has 0 unspecified atom stereocenters. The van der Waals surface area contributed by atoms with Crippen LogP contribution in [0.2, 0.25) is 26.2 Å². The first kappa shape index (κ1) is 20.5. The molecule has 0 atom stereocenters. The van der Waals surface area contributed by atoms with Gasteiger partial charge >= 0.3 is 0 Å². The fourth-order valence-electron chi connectivity index (χ4n) is 3.45. The SMILES string of the molecule is CNC[Si](C)(C)O[Si](C)(C)CNC(=O)C1CCC(C(C)=O)CC1. The number of carbonyl (C=O) groups is 2. The zero-order chi connectivity index (χ0) is 17.7. The number of Topliss-reactive ketones (excluding diaryl/α,β-unsaturated/α-hetero) is 1. The van der Waals surface area contributed by atoms with Crippen molar-refractivity contribution in [2.24, 2.45) is 11.8 Å².